The fourth-order valence-corrected chi connectivity index (χ4v) is 11.4. The van der Waals surface area contributed by atoms with Gasteiger partial charge in [0.1, 0.15) is 35.6 Å². The molecule has 1 saturated heterocycles. The highest BCUT2D eigenvalue weighted by Gasteiger charge is 2.39. The normalized spacial score (nSPS) is 16.1. The molecule has 0 spiro atoms. The summed E-state index contributed by atoms with van der Waals surface area (Å²) in [5.74, 6) is -4.57. The molecule has 1 unspecified atom stereocenters. The van der Waals surface area contributed by atoms with Gasteiger partial charge in [-0.1, -0.05) is 77.3 Å². The summed E-state index contributed by atoms with van der Waals surface area (Å²) in [6, 6.07) is 7.27. The van der Waals surface area contributed by atoms with Crippen LogP contribution in [0.2, 0.25) is 0 Å². The molecule has 1 fully saturated rings. The number of aromatic hydroxyl groups is 1. The van der Waals surface area contributed by atoms with Gasteiger partial charge in [-0.05, 0) is 98.0 Å². The van der Waals surface area contributed by atoms with Crippen molar-refractivity contribution in [2.75, 3.05) is 39.2 Å². The molecule has 3 aromatic rings. The van der Waals surface area contributed by atoms with Crippen LogP contribution < -0.4 is 10.6 Å². The summed E-state index contributed by atoms with van der Waals surface area (Å²) in [5.41, 5.74) is 0.780. The van der Waals surface area contributed by atoms with E-state index >= 15 is 0 Å². The summed E-state index contributed by atoms with van der Waals surface area (Å²) in [4.78, 5) is 117. The molecule has 23 heteroatoms. The third kappa shape index (κ3) is 20.1. The number of phenolic OH excluding ortho intramolecular Hbond substituents is 1. The minimum absolute atomic E-state index is 0.00959. The summed E-state index contributed by atoms with van der Waals surface area (Å²) in [6.07, 6.45) is 4.71. The Kier molecular flexibility index (Phi) is 25.9. The smallest absolute Gasteiger partial charge is 0.325 e. The number of ether oxygens (including phenoxy) is 3. The maximum Gasteiger partial charge on any atom is 0.325 e. The third-order valence-electron chi connectivity index (χ3n) is 13.0. The lowest BCUT2D eigenvalue weighted by atomic mass is 9.85. The van der Waals surface area contributed by atoms with Gasteiger partial charge in [-0.25, -0.2) is 9.97 Å². The van der Waals surface area contributed by atoms with Crippen LogP contribution in [-0.2, 0) is 49.4 Å². The van der Waals surface area contributed by atoms with Crippen LogP contribution in [0.1, 0.15) is 133 Å². The topological polar surface area (TPSA) is 267 Å². The Morgan fingerprint density at radius 1 is 1.01 bits per heavy atom. The van der Waals surface area contributed by atoms with Gasteiger partial charge < -0.3 is 34.9 Å². The zero-order chi connectivity index (χ0) is 55.2. The Labute approximate surface area is 451 Å². The lowest BCUT2D eigenvalue weighted by Gasteiger charge is -2.39. The van der Waals surface area contributed by atoms with Gasteiger partial charge in [0.2, 0.25) is 17.7 Å². The van der Waals surface area contributed by atoms with Gasteiger partial charge in [0.05, 0.1) is 11.0 Å². The Morgan fingerprint density at radius 3 is 2.40 bits per heavy atom. The molecule has 0 aliphatic carbocycles. The molecule has 0 saturated carbocycles. The van der Waals surface area contributed by atoms with Gasteiger partial charge in [-0.15, -0.1) is 11.3 Å². The van der Waals surface area contributed by atoms with Crippen molar-refractivity contribution in [2.24, 2.45) is 23.7 Å². The van der Waals surface area contributed by atoms with Gasteiger partial charge >= 0.3 is 23.6 Å². The van der Waals surface area contributed by atoms with Crippen LogP contribution >= 0.6 is 32.9 Å². The Bertz CT molecular complexity index is 2390. The van der Waals surface area contributed by atoms with E-state index < -0.39 is 84.0 Å². The van der Waals surface area contributed by atoms with E-state index in [1.54, 1.807) is 24.4 Å². The lowest BCUT2D eigenvalue weighted by Crippen LogP contribution is -2.59. The SMILES string of the molecule is CCCC(=O)OCN(C(=O)[C@@H](NC(=O)[C@H]1CCCCN1C)C(C)CC)[C@@H](C[C@@H](OC(C)=O)c1nc(C(=O)C[C@@H](Cc2ccc(O)cc2)C[C@H](C)C(=O)NCC(=O)OCCSSc2ncccc2[N+](=O)[O-])cs1)C(C)C. The maximum absolute atomic E-state index is 14.9. The van der Waals surface area contributed by atoms with Crippen LogP contribution in [0.4, 0.5) is 5.69 Å². The van der Waals surface area contributed by atoms with Crippen LogP contribution in [0.25, 0.3) is 0 Å². The van der Waals surface area contributed by atoms with Crippen LogP contribution in [0.5, 0.6) is 5.75 Å². The van der Waals surface area contributed by atoms with Crippen molar-refractivity contribution < 1.29 is 57.8 Å². The fraction of sp³-hybridized carbons (Fsp3) is 0.596. The number of Topliss-reactive ketones (excluding diaryl/α,β-unsaturated/α-hetero) is 1. The first-order chi connectivity index (χ1) is 35.7. The number of nitrogens with zero attached hydrogens (tertiary/aromatic N) is 5. The highest BCUT2D eigenvalue weighted by atomic mass is 33.1. The number of likely N-dealkylation sites (tertiary alicyclic amines) is 1. The lowest BCUT2D eigenvalue weighted by molar-refractivity contribution is -0.388. The van der Waals surface area contributed by atoms with Gasteiger partial charge in [-0.3, -0.25) is 48.6 Å². The number of nitrogens with one attached hydrogen (secondary N) is 2. The number of phenols is 1. The number of carbonyl (C=O) groups excluding carboxylic acids is 7. The zero-order valence-corrected chi connectivity index (χ0v) is 46.6. The van der Waals surface area contributed by atoms with Gasteiger partial charge in [0, 0.05) is 61.5 Å². The number of nitro groups is 1. The number of thiazole rings is 1. The summed E-state index contributed by atoms with van der Waals surface area (Å²) in [7, 11) is 4.20. The number of rotatable bonds is 31. The van der Waals surface area contributed by atoms with Crippen molar-refractivity contribution >= 4 is 80.0 Å². The van der Waals surface area contributed by atoms with Crippen molar-refractivity contribution in [1.82, 2.24) is 30.4 Å². The zero-order valence-electron chi connectivity index (χ0n) is 44.2. The molecular formula is C52H73N7O13S3. The van der Waals surface area contributed by atoms with E-state index in [9.17, 15) is 48.8 Å². The number of esters is 3. The monoisotopic (exact) mass is 1100 g/mol. The van der Waals surface area contributed by atoms with E-state index in [1.807, 2.05) is 46.6 Å². The maximum atomic E-state index is 14.9. The number of carbonyl (C=O) groups is 7. The average molecular weight is 1100 g/mol. The predicted octanol–water partition coefficient (Wildman–Crippen LogP) is 7.87. The minimum atomic E-state index is -1.04. The van der Waals surface area contributed by atoms with Gasteiger partial charge in [-0.2, -0.15) is 0 Å². The number of piperidine rings is 1. The first-order valence-corrected chi connectivity index (χ1v) is 28.6. The van der Waals surface area contributed by atoms with Gasteiger partial charge in [0.15, 0.2) is 23.6 Å². The third-order valence-corrected chi connectivity index (χ3v) is 16.1. The largest absolute Gasteiger partial charge is 0.508 e. The van der Waals surface area contributed by atoms with E-state index in [0.29, 0.717) is 36.4 Å². The van der Waals surface area contributed by atoms with Crippen molar-refractivity contribution in [1.29, 1.82) is 0 Å². The molecule has 3 N–H and O–H groups in total. The summed E-state index contributed by atoms with van der Waals surface area (Å²) >= 11 is 1.11. The number of aromatic nitrogens is 2. The molecule has 3 heterocycles. The molecule has 0 radical (unpaired) electrons. The predicted molar refractivity (Wildman–Crippen MR) is 285 cm³/mol. The summed E-state index contributed by atoms with van der Waals surface area (Å²) in [6.45, 7) is 12.3. The standard InChI is InChI=1S/C52H73N7O13S3/c1-9-14-45(63)71-31-58(52(67)47(33(5)10-2)56-49(66)40-15-11-12-22-57(40)8)42(32(3)4)28-44(72-35(7)60)51-55-39(30-73-51)43(62)27-37(26-36-17-19-38(61)20-18-36)25-34(6)48(65)54-29-46(64)70-23-24-74-75-50-41(59(68)69)16-13-21-53-50/h13,16-21,30,32-34,37,40,42,44,47,61H,9-12,14-15,22-29,31H2,1-8H3,(H,54,65)(H,56,66)/t33?,34-,37+,40+,42-,44+,47-/m0/s1. The molecule has 1 aliphatic heterocycles. The van der Waals surface area contributed by atoms with Crippen molar-refractivity contribution in [2.45, 2.75) is 142 Å². The van der Waals surface area contributed by atoms with E-state index in [0.717, 1.165) is 47.1 Å². The van der Waals surface area contributed by atoms with E-state index in [1.165, 1.54) is 53.1 Å². The fourth-order valence-electron chi connectivity index (χ4n) is 8.64. The molecule has 75 heavy (non-hydrogen) atoms. The van der Waals surface area contributed by atoms with Gasteiger partial charge in [0.25, 0.3) is 0 Å². The highest BCUT2D eigenvalue weighted by molar-refractivity contribution is 8.76. The number of likely N-dealkylation sites (N-methyl/N-ethyl adjacent to an activating group) is 1. The Balaban J connectivity index is 1.49. The van der Waals surface area contributed by atoms with E-state index in [4.69, 9.17) is 19.2 Å². The number of hydrogen-bond donors (Lipinski definition) is 3. The summed E-state index contributed by atoms with van der Waals surface area (Å²) in [5, 5.41) is 29.0. The van der Waals surface area contributed by atoms with Crippen molar-refractivity contribution in [3.63, 3.8) is 0 Å². The van der Waals surface area contributed by atoms with Crippen LogP contribution in [0.3, 0.4) is 0 Å². The number of benzene rings is 1. The van der Waals surface area contributed by atoms with Crippen molar-refractivity contribution in [3.05, 3.63) is 74.4 Å². The van der Waals surface area contributed by atoms with Crippen molar-refractivity contribution in [3.8, 4) is 5.75 Å². The van der Waals surface area contributed by atoms with Crippen LogP contribution in [-0.4, -0.2) is 129 Å². The minimum Gasteiger partial charge on any atom is -0.508 e. The van der Waals surface area contributed by atoms with E-state index in [2.05, 4.69) is 15.6 Å². The Hall–Kier alpha value is -5.65. The molecule has 20 nitrogen and oxygen atoms in total. The number of pyridine rings is 1. The number of amides is 3. The molecule has 0 bridgehead atoms. The summed E-state index contributed by atoms with van der Waals surface area (Å²) < 4.78 is 16.8. The molecule has 7 atom stereocenters. The quantitative estimate of drug-likeness (QED) is 0.00808. The highest BCUT2D eigenvalue weighted by Crippen LogP contribution is 2.36. The molecule has 1 aliphatic rings. The average Bonchev–Trinajstić information content (AvgIpc) is 3.88. The molecule has 412 valence electrons. The second kappa shape index (κ2) is 31.4. The number of hydrogen-bond acceptors (Lipinski definition) is 19. The Morgan fingerprint density at radius 2 is 1.75 bits per heavy atom. The first-order valence-electron chi connectivity index (χ1n) is 25.4. The molecular weight excluding hydrogens is 1030 g/mol. The number of ketones is 1. The van der Waals surface area contributed by atoms with Crippen LogP contribution in [0.15, 0.2) is 53.0 Å². The van der Waals surface area contributed by atoms with Crippen LogP contribution in [0, 0.1) is 33.8 Å². The van der Waals surface area contributed by atoms with E-state index in [-0.39, 0.29) is 78.0 Å². The second-order valence-electron chi connectivity index (χ2n) is 19.2. The molecule has 1 aromatic carbocycles. The first kappa shape index (κ1) is 61.9. The molecule has 2 aromatic heterocycles. The second-order valence-corrected chi connectivity index (χ2v) is 22.5. The molecule has 3 amide bonds. The molecule has 4 rings (SSSR count).